The van der Waals surface area contributed by atoms with Crippen LogP contribution >= 0.6 is 11.6 Å². The molecule has 17 heavy (non-hydrogen) atoms. The number of aryl methyl sites for hydroxylation is 1. The number of benzene rings is 1. The van der Waals surface area contributed by atoms with Crippen molar-refractivity contribution < 1.29 is 4.79 Å². The molecule has 1 aromatic heterocycles. The number of carbonyl (C=O) groups is 1. The Kier molecular flexibility index (Phi) is 3.55. The van der Waals surface area contributed by atoms with E-state index in [9.17, 15) is 4.79 Å². The van der Waals surface area contributed by atoms with E-state index in [-0.39, 0.29) is 5.78 Å². The fraction of sp³-hybridized carbons (Fsp3) is 0.143. The summed E-state index contributed by atoms with van der Waals surface area (Å²) in [6.07, 6.45) is 2.46. The van der Waals surface area contributed by atoms with Gasteiger partial charge in [-0.3, -0.25) is 4.79 Å². The second-order valence-electron chi connectivity index (χ2n) is 3.75. The number of aromatic nitrogens is 1. The Balaban J connectivity index is 2.36. The molecular formula is C14H12ClNO. The summed E-state index contributed by atoms with van der Waals surface area (Å²) in [6.45, 7) is 2.06. The van der Waals surface area contributed by atoms with Crippen LogP contribution in [0, 0.1) is 0 Å². The lowest BCUT2D eigenvalue weighted by atomic mass is 10.0. The van der Waals surface area contributed by atoms with Crippen molar-refractivity contribution in [1.82, 2.24) is 4.98 Å². The van der Waals surface area contributed by atoms with E-state index in [0.717, 1.165) is 12.0 Å². The summed E-state index contributed by atoms with van der Waals surface area (Å²) in [5.41, 5.74) is 2.40. The number of halogens is 1. The molecule has 0 radical (unpaired) electrons. The van der Waals surface area contributed by atoms with Gasteiger partial charge < -0.3 is 0 Å². The van der Waals surface area contributed by atoms with Crippen molar-refractivity contribution in [3.63, 3.8) is 0 Å². The SMILES string of the molecule is CCc1cccc(C(=O)c2ccnc(Cl)c2)c1. The molecular weight excluding hydrogens is 234 g/mol. The molecule has 0 aliphatic carbocycles. The molecule has 1 aromatic carbocycles. The number of carbonyl (C=O) groups excluding carboxylic acids is 1. The summed E-state index contributed by atoms with van der Waals surface area (Å²) in [7, 11) is 0. The fourth-order valence-corrected chi connectivity index (χ4v) is 1.82. The standard InChI is InChI=1S/C14H12ClNO/c1-2-10-4-3-5-11(8-10)14(17)12-6-7-16-13(15)9-12/h3-9H,2H2,1H3. The average molecular weight is 246 g/mol. The van der Waals surface area contributed by atoms with Gasteiger partial charge in [0.15, 0.2) is 5.78 Å². The van der Waals surface area contributed by atoms with Crippen LogP contribution in [0.4, 0.5) is 0 Å². The summed E-state index contributed by atoms with van der Waals surface area (Å²) in [4.78, 5) is 16.0. The highest BCUT2D eigenvalue weighted by Crippen LogP contribution is 2.14. The Labute approximate surface area is 105 Å². The Hall–Kier alpha value is -1.67. The van der Waals surface area contributed by atoms with E-state index in [1.54, 1.807) is 18.3 Å². The Morgan fingerprint density at radius 3 is 2.71 bits per heavy atom. The number of ketones is 1. The van der Waals surface area contributed by atoms with E-state index in [1.165, 1.54) is 0 Å². The molecule has 0 N–H and O–H groups in total. The van der Waals surface area contributed by atoms with Gasteiger partial charge in [-0.05, 0) is 30.2 Å². The summed E-state index contributed by atoms with van der Waals surface area (Å²) in [5, 5.41) is 0.336. The van der Waals surface area contributed by atoms with Crippen LogP contribution in [0.15, 0.2) is 42.6 Å². The van der Waals surface area contributed by atoms with Gasteiger partial charge in [0.25, 0.3) is 0 Å². The second-order valence-corrected chi connectivity index (χ2v) is 4.14. The molecule has 2 rings (SSSR count). The van der Waals surface area contributed by atoms with Gasteiger partial charge in [-0.15, -0.1) is 0 Å². The Morgan fingerprint density at radius 1 is 1.24 bits per heavy atom. The van der Waals surface area contributed by atoms with E-state index < -0.39 is 0 Å². The first-order valence-corrected chi connectivity index (χ1v) is 5.83. The first kappa shape index (κ1) is 11.8. The molecule has 0 unspecified atom stereocenters. The first-order valence-electron chi connectivity index (χ1n) is 5.46. The van der Waals surface area contributed by atoms with Crippen LogP contribution in [-0.2, 0) is 6.42 Å². The number of hydrogen-bond donors (Lipinski definition) is 0. The first-order chi connectivity index (χ1) is 8.20. The summed E-state index contributed by atoms with van der Waals surface area (Å²) >= 11 is 5.77. The smallest absolute Gasteiger partial charge is 0.193 e. The lowest BCUT2D eigenvalue weighted by molar-refractivity contribution is 0.103. The van der Waals surface area contributed by atoms with Gasteiger partial charge in [0.1, 0.15) is 5.15 Å². The highest BCUT2D eigenvalue weighted by atomic mass is 35.5. The van der Waals surface area contributed by atoms with Crippen LogP contribution in [0.2, 0.25) is 5.15 Å². The minimum absolute atomic E-state index is 0.0235. The normalized spacial score (nSPS) is 10.2. The van der Waals surface area contributed by atoms with Crippen LogP contribution in [-0.4, -0.2) is 10.8 Å². The van der Waals surface area contributed by atoms with E-state index in [2.05, 4.69) is 11.9 Å². The molecule has 0 atom stereocenters. The monoisotopic (exact) mass is 245 g/mol. The number of pyridine rings is 1. The molecule has 0 aliphatic rings. The topological polar surface area (TPSA) is 30.0 Å². The van der Waals surface area contributed by atoms with Crippen molar-refractivity contribution in [1.29, 1.82) is 0 Å². The molecule has 0 saturated heterocycles. The largest absolute Gasteiger partial charge is 0.289 e. The van der Waals surface area contributed by atoms with Crippen molar-refractivity contribution in [2.24, 2.45) is 0 Å². The zero-order chi connectivity index (χ0) is 12.3. The van der Waals surface area contributed by atoms with E-state index in [4.69, 9.17) is 11.6 Å². The molecule has 86 valence electrons. The minimum atomic E-state index is -0.0235. The molecule has 2 nitrogen and oxygen atoms in total. The summed E-state index contributed by atoms with van der Waals surface area (Å²) in [6, 6.07) is 10.9. The maximum Gasteiger partial charge on any atom is 0.193 e. The molecule has 0 bridgehead atoms. The van der Waals surface area contributed by atoms with E-state index in [1.807, 2.05) is 24.3 Å². The number of rotatable bonds is 3. The Bertz CT molecular complexity index is 551. The van der Waals surface area contributed by atoms with Crippen LogP contribution in [0.25, 0.3) is 0 Å². The highest BCUT2D eigenvalue weighted by molar-refractivity contribution is 6.29. The van der Waals surface area contributed by atoms with Gasteiger partial charge in [-0.2, -0.15) is 0 Å². The molecule has 3 heteroatoms. The summed E-state index contributed by atoms with van der Waals surface area (Å²) in [5.74, 6) is -0.0235. The van der Waals surface area contributed by atoms with Gasteiger partial charge in [-0.25, -0.2) is 4.98 Å². The zero-order valence-electron chi connectivity index (χ0n) is 9.48. The molecule has 0 fully saturated rings. The second kappa shape index (κ2) is 5.11. The molecule has 0 saturated carbocycles. The fourth-order valence-electron chi connectivity index (χ4n) is 1.64. The van der Waals surface area contributed by atoms with Crippen molar-refractivity contribution in [2.75, 3.05) is 0 Å². The predicted molar refractivity (Wildman–Crippen MR) is 68.5 cm³/mol. The van der Waals surface area contributed by atoms with E-state index in [0.29, 0.717) is 16.3 Å². The third-order valence-corrected chi connectivity index (χ3v) is 2.79. The van der Waals surface area contributed by atoms with Gasteiger partial charge in [0, 0.05) is 17.3 Å². The van der Waals surface area contributed by atoms with Crippen molar-refractivity contribution >= 4 is 17.4 Å². The lowest BCUT2D eigenvalue weighted by Gasteiger charge is -2.03. The van der Waals surface area contributed by atoms with Crippen molar-refractivity contribution in [2.45, 2.75) is 13.3 Å². The third kappa shape index (κ3) is 2.71. The predicted octanol–water partition coefficient (Wildman–Crippen LogP) is 3.53. The molecule has 0 spiro atoms. The van der Waals surface area contributed by atoms with Crippen LogP contribution in [0.3, 0.4) is 0 Å². The van der Waals surface area contributed by atoms with Gasteiger partial charge in [0.2, 0.25) is 0 Å². The highest BCUT2D eigenvalue weighted by Gasteiger charge is 2.09. The summed E-state index contributed by atoms with van der Waals surface area (Å²) < 4.78 is 0. The molecule has 2 aromatic rings. The maximum absolute atomic E-state index is 12.2. The molecule has 0 aliphatic heterocycles. The van der Waals surface area contributed by atoms with Crippen LogP contribution < -0.4 is 0 Å². The third-order valence-electron chi connectivity index (χ3n) is 2.59. The number of hydrogen-bond acceptors (Lipinski definition) is 2. The zero-order valence-corrected chi connectivity index (χ0v) is 10.2. The average Bonchev–Trinajstić information content (AvgIpc) is 2.38. The van der Waals surface area contributed by atoms with Crippen molar-refractivity contribution in [3.05, 3.63) is 64.4 Å². The lowest BCUT2D eigenvalue weighted by Crippen LogP contribution is -2.02. The minimum Gasteiger partial charge on any atom is -0.289 e. The van der Waals surface area contributed by atoms with Gasteiger partial charge >= 0.3 is 0 Å². The van der Waals surface area contributed by atoms with Gasteiger partial charge in [-0.1, -0.05) is 36.7 Å². The molecule has 0 amide bonds. The van der Waals surface area contributed by atoms with Crippen LogP contribution in [0.1, 0.15) is 28.4 Å². The van der Waals surface area contributed by atoms with Gasteiger partial charge in [0.05, 0.1) is 0 Å². The van der Waals surface area contributed by atoms with E-state index >= 15 is 0 Å². The molecule has 1 heterocycles. The quantitative estimate of drug-likeness (QED) is 0.612. The Morgan fingerprint density at radius 2 is 2.00 bits per heavy atom. The van der Waals surface area contributed by atoms with Crippen molar-refractivity contribution in [3.8, 4) is 0 Å². The van der Waals surface area contributed by atoms with Crippen LogP contribution in [0.5, 0.6) is 0 Å². The maximum atomic E-state index is 12.2. The number of nitrogens with zero attached hydrogens (tertiary/aromatic N) is 1.